The Bertz CT molecular complexity index is 910. The van der Waals surface area contributed by atoms with E-state index in [0.29, 0.717) is 18.0 Å². The fraction of sp³-hybridized carbons (Fsp3) is 0.263. The van der Waals surface area contributed by atoms with E-state index in [2.05, 4.69) is 10.7 Å². The summed E-state index contributed by atoms with van der Waals surface area (Å²) < 4.78 is 29.5. The third-order valence-corrected chi connectivity index (χ3v) is 4.95. The Labute approximate surface area is 164 Å². The number of amides is 2. The molecule has 2 rings (SSSR count). The number of hydrazine groups is 1. The molecule has 0 unspecified atom stereocenters. The normalized spacial score (nSPS) is 10.9. The highest BCUT2D eigenvalue weighted by Gasteiger charge is 2.15. The average molecular weight is 405 g/mol. The molecule has 0 aliphatic carbocycles. The van der Waals surface area contributed by atoms with Gasteiger partial charge in [-0.05, 0) is 50.2 Å². The molecule has 0 atom stereocenters. The van der Waals surface area contributed by atoms with Crippen molar-refractivity contribution in [2.45, 2.75) is 31.6 Å². The number of hydrogen-bond acceptors (Lipinski definition) is 5. The molecular weight excluding hydrogens is 382 g/mol. The Morgan fingerprint density at radius 1 is 0.929 bits per heavy atom. The largest absolute Gasteiger partial charge is 0.494 e. The monoisotopic (exact) mass is 405 g/mol. The van der Waals surface area contributed by atoms with Gasteiger partial charge in [-0.2, -0.15) is 0 Å². The van der Waals surface area contributed by atoms with E-state index in [4.69, 9.17) is 4.74 Å². The fourth-order valence-electron chi connectivity index (χ4n) is 2.21. The van der Waals surface area contributed by atoms with Gasteiger partial charge in [-0.15, -0.1) is 4.83 Å². The lowest BCUT2D eigenvalue weighted by Crippen LogP contribution is -2.41. The van der Waals surface area contributed by atoms with Crippen LogP contribution in [-0.2, 0) is 19.6 Å². The van der Waals surface area contributed by atoms with Crippen molar-refractivity contribution in [1.29, 1.82) is 0 Å². The number of benzene rings is 2. The lowest BCUT2D eigenvalue weighted by molar-refractivity contribution is -0.124. The first-order valence-electron chi connectivity index (χ1n) is 8.70. The summed E-state index contributed by atoms with van der Waals surface area (Å²) in [6.07, 6.45) is -0.259. The highest BCUT2D eigenvalue weighted by molar-refractivity contribution is 7.89. The summed E-state index contributed by atoms with van der Waals surface area (Å²) in [5.41, 5.74) is 3.60. The molecule has 2 aromatic rings. The average Bonchev–Trinajstić information content (AvgIpc) is 2.67. The van der Waals surface area contributed by atoms with Gasteiger partial charge < -0.3 is 10.1 Å². The van der Waals surface area contributed by atoms with Crippen molar-refractivity contribution in [2.24, 2.45) is 0 Å². The summed E-state index contributed by atoms with van der Waals surface area (Å²) in [5.74, 6) is -0.279. The first-order chi connectivity index (χ1) is 13.3. The van der Waals surface area contributed by atoms with Crippen molar-refractivity contribution >= 4 is 27.5 Å². The summed E-state index contributed by atoms with van der Waals surface area (Å²) in [5, 5.41) is 2.66. The van der Waals surface area contributed by atoms with Crippen molar-refractivity contribution in [3.05, 3.63) is 54.1 Å². The van der Waals surface area contributed by atoms with Crippen LogP contribution in [0.1, 0.15) is 25.3 Å². The van der Waals surface area contributed by atoms with Gasteiger partial charge in [0.25, 0.3) is 10.0 Å². The molecule has 0 aliphatic heterocycles. The molecule has 0 saturated heterocycles. The summed E-state index contributed by atoms with van der Waals surface area (Å²) in [6.45, 7) is 4.26. The van der Waals surface area contributed by atoms with Crippen molar-refractivity contribution < 1.29 is 22.7 Å². The van der Waals surface area contributed by atoms with Gasteiger partial charge in [0.1, 0.15) is 5.75 Å². The standard InChI is InChI=1S/C19H23N3O5S/c1-3-27-16-8-6-15(7-9-16)20-18(23)12-13-19(24)21-22-28(25,26)17-10-4-14(2)5-11-17/h4-11,22H,3,12-13H2,1-2H3,(H,20,23)(H,21,24). The van der Waals surface area contributed by atoms with Gasteiger partial charge in [-0.25, -0.2) is 8.42 Å². The zero-order valence-corrected chi connectivity index (χ0v) is 16.5. The summed E-state index contributed by atoms with van der Waals surface area (Å²) in [4.78, 5) is 25.8. The minimum atomic E-state index is -3.86. The van der Waals surface area contributed by atoms with Crippen LogP contribution in [0.4, 0.5) is 5.69 Å². The molecule has 150 valence electrons. The van der Waals surface area contributed by atoms with E-state index in [0.717, 1.165) is 5.56 Å². The first-order valence-corrected chi connectivity index (χ1v) is 10.2. The smallest absolute Gasteiger partial charge is 0.257 e. The van der Waals surface area contributed by atoms with E-state index < -0.39 is 15.9 Å². The third-order valence-electron chi connectivity index (χ3n) is 3.68. The molecule has 2 aromatic carbocycles. The van der Waals surface area contributed by atoms with Gasteiger partial charge in [-0.3, -0.25) is 15.0 Å². The minimum absolute atomic E-state index is 0.0339. The number of nitrogens with one attached hydrogen (secondary N) is 3. The number of carbonyl (C=O) groups excluding carboxylic acids is 2. The van der Waals surface area contributed by atoms with Gasteiger partial charge in [0.2, 0.25) is 11.8 Å². The second-order valence-corrected chi connectivity index (χ2v) is 7.65. The predicted molar refractivity (Wildman–Crippen MR) is 105 cm³/mol. The van der Waals surface area contributed by atoms with Gasteiger partial charge in [-0.1, -0.05) is 17.7 Å². The number of aryl methyl sites for hydroxylation is 1. The lowest BCUT2D eigenvalue weighted by atomic mass is 10.2. The molecule has 0 heterocycles. The van der Waals surface area contributed by atoms with E-state index in [1.807, 2.05) is 18.7 Å². The first kappa shape index (κ1) is 21.4. The number of ether oxygens (including phenoxy) is 1. The minimum Gasteiger partial charge on any atom is -0.494 e. The molecule has 3 N–H and O–H groups in total. The number of sulfonamides is 1. The van der Waals surface area contributed by atoms with Crippen LogP contribution in [0.25, 0.3) is 0 Å². The van der Waals surface area contributed by atoms with Crippen LogP contribution >= 0.6 is 0 Å². The molecule has 0 aliphatic rings. The molecule has 0 aromatic heterocycles. The summed E-state index contributed by atoms with van der Waals surface area (Å²) in [7, 11) is -3.86. The van der Waals surface area contributed by atoms with Crippen LogP contribution in [0, 0.1) is 6.92 Å². The molecule has 0 bridgehead atoms. The van der Waals surface area contributed by atoms with Crippen LogP contribution in [0.3, 0.4) is 0 Å². The molecular formula is C19H23N3O5S. The van der Waals surface area contributed by atoms with E-state index in [1.54, 1.807) is 36.4 Å². The third kappa shape index (κ3) is 6.67. The highest BCUT2D eigenvalue weighted by atomic mass is 32.2. The Balaban J connectivity index is 1.77. The maximum Gasteiger partial charge on any atom is 0.257 e. The predicted octanol–water partition coefficient (Wildman–Crippen LogP) is 2.12. The van der Waals surface area contributed by atoms with E-state index in [1.165, 1.54) is 12.1 Å². The molecule has 0 radical (unpaired) electrons. The molecule has 0 spiro atoms. The van der Waals surface area contributed by atoms with Crippen LogP contribution in [0.15, 0.2) is 53.4 Å². The zero-order chi connectivity index (χ0) is 20.6. The molecule has 2 amide bonds. The summed E-state index contributed by atoms with van der Waals surface area (Å²) >= 11 is 0. The number of hydrogen-bond donors (Lipinski definition) is 3. The maximum absolute atomic E-state index is 12.1. The maximum atomic E-state index is 12.1. The van der Waals surface area contributed by atoms with Crippen molar-refractivity contribution in [3.8, 4) is 5.75 Å². The second-order valence-electron chi connectivity index (χ2n) is 5.97. The molecule has 28 heavy (non-hydrogen) atoms. The zero-order valence-electron chi connectivity index (χ0n) is 15.7. The van der Waals surface area contributed by atoms with Crippen molar-refractivity contribution in [3.63, 3.8) is 0 Å². The molecule has 9 heteroatoms. The number of carbonyl (C=O) groups is 2. The Morgan fingerprint density at radius 2 is 1.54 bits per heavy atom. The Kier molecular flexibility index (Phi) is 7.53. The number of anilines is 1. The van der Waals surface area contributed by atoms with Gasteiger partial charge in [0.05, 0.1) is 11.5 Å². The lowest BCUT2D eigenvalue weighted by Gasteiger charge is -2.09. The van der Waals surface area contributed by atoms with Crippen LogP contribution < -0.4 is 20.3 Å². The number of rotatable bonds is 9. The summed E-state index contributed by atoms with van der Waals surface area (Å²) in [6, 6.07) is 13.0. The van der Waals surface area contributed by atoms with Crippen LogP contribution in [0.5, 0.6) is 5.75 Å². The van der Waals surface area contributed by atoms with E-state index >= 15 is 0 Å². The van der Waals surface area contributed by atoms with Crippen molar-refractivity contribution in [2.75, 3.05) is 11.9 Å². The van der Waals surface area contributed by atoms with E-state index in [9.17, 15) is 18.0 Å². The fourth-order valence-corrected chi connectivity index (χ4v) is 3.08. The molecule has 0 fully saturated rings. The van der Waals surface area contributed by atoms with Gasteiger partial charge in [0.15, 0.2) is 0 Å². The quantitative estimate of drug-likeness (QED) is 0.553. The highest BCUT2D eigenvalue weighted by Crippen LogP contribution is 2.16. The van der Waals surface area contributed by atoms with Gasteiger partial charge >= 0.3 is 0 Å². The molecule has 0 saturated carbocycles. The van der Waals surface area contributed by atoms with Crippen LogP contribution in [-0.4, -0.2) is 26.8 Å². The SMILES string of the molecule is CCOc1ccc(NC(=O)CCC(=O)NNS(=O)(=O)c2ccc(C)cc2)cc1. The Hall–Kier alpha value is -2.91. The Morgan fingerprint density at radius 3 is 2.14 bits per heavy atom. The van der Waals surface area contributed by atoms with Gasteiger partial charge in [0, 0.05) is 18.5 Å². The van der Waals surface area contributed by atoms with Crippen molar-refractivity contribution in [1.82, 2.24) is 10.3 Å². The topological polar surface area (TPSA) is 114 Å². The second kappa shape index (κ2) is 9.86. The van der Waals surface area contributed by atoms with E-state index in [-0.39, 0.29) is 23.6 Å². The molecule has 8 nitrogen and oxygen atoms in total. The van der Waals surface area contributed by atoms with Crippen LogP contribution in [0.2, 0.25) is 0 Å².